The smallest absolute Gasteiger partial charge is 0.337 e. The molecular weight excluding hydrogens is 428 g/mol. The Bertz CT molecular complexity index is 1420. The van der Waals surface area contributed by atoms with Crippen molar-refractivity contribution in [2.24, 2.45) is 0 Å². The monoisotopic (exact) mass is 450 g/mol. The molecule has 6 rings (SSSR count). The molecule has 7 nitrogen and oxygen atoms in total. The van der Waals surface area contributed by atoms with Crippen molar-refractivity contribution in [3.05, 3.63) is 113 Å². The maximum atomic E-state index is 12.0. The Kier molecular flexibility index (Phi) is 4.69. The van der Waals surface area contributed by atoms with E-state index < -0.39 is 6.10 Å². The van der Waals surface area contributed by atoms with Gasteiger partial charge in [0.1, 0.15) is 24.2 Å². The summed E-state index contributed by atoms with van der Waals surface area (Å²) in [6, 6.07) is 23.6. The Morgan fingerprint density at radius 2 is 1.74 bits per heavy atom. The summed E-state index contributed by atoms with van der Waals surface area (Å²) in [5.74, 6) is 1.10. The van der Waals surface area contributed by atoms with E-state index in [1.54, 1.807) is 18.5 Å². The number of para-hydroxylation sites is 1. The number of rotatable bonds is 3. The predicted octanol–water partition coefficient (Wildman–Crippen LogP) is 4.93. The number of methoxy groups -OCH3 is 1. The van der Waals surface area contributed by atoms with E-state index in [4.69, 9.17) is 9.47 Å². The summed E-state index contributed by atoms with van der Waals surface area (Å²) in [6.45, 7) is 2.07. The number of nitrogens with one attached hydrogen (secondary N) is 1. The molecule has 4 aromatic rings. The van der Waals surface area contributed by atoms with Gasteiger partial charge in [0, 0.05) is 11.1 Å². The van der Waals surface area contributed by atoms with Crippen LogP contribution in [0.4, 0.5) is 5.95 Å². The first kappa shape index (κ1) is 20.2. The molecule has 0 saturated carbocycles. The minimum Gasteiger partial charge on any atom is -0.480 e. The van der Waals surface area contributed by atoms with Crippen LogP contribution >= 0.6 is 0 Å². The summed E-state index contributed by atoms with van der Waals surface area (Å²) in [7, 11) is 1.38. The van der Waals surface area contributed by atoms with Crippen molar-refractivity contribution < 1.29 is 14.3 Å². The van der Waals surface area contributed by atoms with Crippen LogP contribution in [0.25, 0.3) is 5.70 Å². The summed E-state index contributed by atoms with van der Waals surface area (Å²) in [5.41, 5.74) is 6.67. The highest BCUT2D eigenvalue weighted by molar-refractivity contribution is 5.89. The van der Waals surface area contributed by atoms with Crippen LogP contribution in [0.15, 0.2) is 84.7 Å². The number of ether oxygens (including phenoxy) is 2. The first-order valence-corrected chi connectivity index (χ1v) is 11.1. The van der Waals surface area contributed by atoms with E-state index in [1.807, 2.05) is 41.1 Å². The Balaban J connectivity index is 1.56. The summed E-state index contributed by atoms with van der Waals surface area (Å²) in [5, 5.41) is 8.05. The Hall–Kier alpha value is -4.39. The number of aromatic nitrogens is 3. The number of aryl methyl sites for hydroxylation is 1. The Morgan fingerprint density at radius 1 is 1.00 bits per heavy atom. The lowest BCUT2D eigenvalue weighted by Gasteiger charge is -2.39. The number of benzene rings is 3. The van der Waals surface area contributed by atoms with Gasteiger partial charge in [-0.1, -0.05) is 54.1 Å². The van der Waals surface area contributed by atoms with Gasteiger partial charge in [0.2, 0.25) is 5.95 Å². The molecule has 3 heterocycles. The zero-order valence-electron chi connectivity index (χ0n) is 18.7. The van der Waals surface area contributed by atoms with Crippen LogP contribution in [0, 0.1) is 6.92 Å². The van der Waals surface area contributed by atoms with Gasteiger partial charge in [-0.25, -0.2) is 9.48 Å². The van der Waals surface area contributed by atoms with E-state index >= 15 is 0 Å². The minimum atomic E-state index is -0.396. The van der Waals surface area contributed by atoms with E-state index in [-0.39, 0.29) is 12.0 Å². The fourth-order valence-corrected chi connectivity index (χ4v) is 4.67. The summed E-state index contributed by atoms with van der Waals surface area (Å²) >= 11 is 0. The van der Waals surface area contributed by atoms with E-state index in [9.17, 15) is 4.79 Å². The third kappa shape index (κ3) is 3.16. The van der Waals surface area contributed by atoms with Crippen molar-refractivity contribution in [1.82, 2.24) is 14.8 Å². The molecule has 168 valence electrons. The molecule has 0 saturated heterocycles. The number of esters is 1. The van der Waals surface area contributed by atoms with Crippen molar-refractivity contribution in [1.29, 1.82) is 0 Å². The lowest BCUT2D eigenvalue weighted by Crippen LogP contribution is -2.32. The number of nitrogens with zero attached hydrogens (tertiary/aromatic N) is 3. The average Bonchev–Trinajstić information content (AvgIpc) is 3.35. The molecule has 0 fully saturated rings. The molecule has 7 heteroatoms. The molecule has 2 atom stereocenters. The highest BCUT2D eigenvalue weighted by Crippen LogP contribution is 2.50. The average molecular weight is 450 g/mol. The Morgan fingerprint density at radius 3 is 2.50 bits per heavy atom. The summed E-state index contributed by atoms with van der Waals surface area (Å²) in [4.78, 5) is 16.4. The molecule has 2 aliphatic heterocycles. The number of hydrogen-bond acceptors (Lipinski definition) is 6. The van der Waals surface area contributed by atoms with E-state index in [1.165, 1.54) is 12.7 Å². The quantitative estimate of drug-likeness (QED) is 0.446. The van der Waals surface area contributed by atoms with Crippen molar-refractivity contribution in [2.45, 2.75) is 19.1 Å². The standard InChI is InChI=1S/C27H22N4O3/c1-16-7-9-17(10-8-16)24-22-23(30-27-28-15-29-31(24)27)20-5-3-4-6-21(20)34-25(22)18-11-13-19(14-12-18)26(32)33-2/h3-15,24-25H,1-2H3,(H,28,29,30). The van der Waals surface area contributed by atoms with Gasteiger partial charge in [-0.05, 0) is 42.3 Å². The molecule has 3 aromatic carbocycles. The molecule has 2 aliphatic rings. The lowest BCUT2D eigenvalue weighted by molar-refractivity contribution is 0.0600. The molecule has 34 heavy (non-hydrogen) atoms. The fourth-order valence-electron chi connectivity index (χ4n) is 4.67. The molecule has 1 N–H and O–H groups in total. The number of carbonyl (C=O) groups is 1. The van der Waals surface area contributed by atoms with E-state index in [0.29, 0.717) is 11.5 Å². The van der Waals surface area contributed by atoms with Crippen LogP contribution in [-0.2, 0) is 4.74 Å². The van der Waals surface area contributed by atoms with Gasteiger partial charge in [0.05, 0.1) is 18.4 Å². The summed E-state index contributed by atoms with van der Waals surface area (Å²) in [6.07, 6.45) is 1.17. The second kappa shape index (κ2) is 7.88. The molecular formula is C27H22N4O3. The molecule has 1 aromatic heterocycles. The molecule has 0 bridgehead atoms. The molecule has 2 unspecified atom stereocenters. The molecule has 0 spiro atoms. The van der Waals surface area contributed by atoms with Crippen molar-refractivity contribution in [3.63, 3.8) is 0 Å². The first-order chi connectivity index (χ1) is 16.6. The van der Waals surface area contributed by atoms with Crippen LogP contribution in [0.1, 0.15) is 44.8 Å². The number of hydrogen-bond donors (Lipinski definition) is 1. The van der Waals surface area contributed by atoms with Crippen LogP contribution in [0.3, 0.4) is 0 Å². The van der Waals surface area contributed by atoms with Gasteiger partial charge in [-0.3, -0.25) is 0 Å². The van der Waals surface area contributed by atoms with Crippen LogP contribution in [0.5, 0.6) is 5.75 Å². The van der Waals surface area contributed by atoms with Gasteiger partial charge < -0.3 is 14.8 Å². The molecule has 0 aliphatic carbocycles. The number of anilines is 1. The second-order valence-corrected chi connectivity index (χ2v) is 8.40. The third-order valence-electron chi connectivity index (χ3n) is 6.35. The molecule has 0 radical (unpaired) electrons. The van der Waals surface area contributed by atoms with Crippen LogP contribution in [-0.4, -0.2) is 27.8 Å². The Labute approximate surface area is 196 Å². The third-order valence-corrected chi connectivity index (χ3v) is 6.35. The van der Waals surface area contributed by atoms with Crippen molar-refractivity contribution in [2.75, 3.05) is 12.4 Å². The SMILES string of the molecule is COC(=O)c1ccc(C2Oc3ccccc3C3=C2C(c2ccc(C)cc2)n2ncnc2N3)cc1. The number of carbonyl (C=O) groups excluding carboxylic acids is 1. The largest absolute Gasteiger partial charge is 0.480 e. The van der Waals surface area contributed by atoms with Crippen molar-refractivity contribution in [3.8, 4) is 5.75 Å². The maximum absolute atomic E-state index is 12.0. The second-order valence-electron chi connectivity index (χ2n) is 8.40. The molecule has 0 amide bonds. The summed E-state index contributed by atoms with van der Waals surface area (Å²) < 4.78 is 13.4. The minimum absolute atomic E-state index is 0.215. The maximum Gasteiger partial charge on any atom is 0.337 e. The van der Waals surface area contributed by atoms with Gasteiger partial charge in [0.25, 0.3) is 0 Å². The van der Waals surface area contributed by atoms with Gasteiger partial charge in [0.15, 0.2) is 0 Å². The van der Waals surface area contributed by atoms with Gasteiger partial charge in [-0.2, -0.15) is 10.1 Å². The highest BCUT2D eigenvalue weighted by atomic mass is 16.5. The van der Waals surface area contributed by atoms with Gasteiger partial charge in [-0.15, -0.1) is 0 Å². The van der Waals surface area contributed by atoms with Crippen molar-refractivity contribution >= 4 is 17.6 Å². The highest BCUT2D eigenvalue weighted by Gasteiger charge is 2.40. The van der Waals surface area contributed by atoms with E-state index in [2.05, 4.69) is 46.6 Å². The topological polar surface area (TPSA) is 78.3 Å². The fraction of sp³-hybridized carbons (Fsp3) is 0.148. The van der Waals surface area contributed by atoms with Gasteiger partial charge >= 0.3 is 5.97 Å². The van der Waals surface area contributed by atoms with E-state index in [0.717, 1.165) is 33.7 Å². The lowest BCUT2D eigenvalue weighted by atomic mass is 9.84. The number of fused-ring (bicyclic) bond motifs is 3. The zero-order chi connectivity index (χ0) is 23.2. The van der Waals surface area contributed by atoms with Crippen LogP contribution < -0.4 is 10.1 Å². The predicted molar refractivity (Wildman–Crippen MR) is 127 cm³/mol. The normalized spacial score (nSPS) is 18.2. The first-order valence-electron chi connectivity index (χ1n) is 11.1. The van der Waals surface area contributed by atoms with Crippen LogP contribution in [0.2, 0.25) is 0 Å². The zero-order valence-corrected chi connectivity index (χ0v) is 18.7.